The highest BCUT2D eigenvalue weighted by Crippen LogP contribution is 2.30. The first kappa shape index (κ1) is 7.62. The zero-order valence-corrected chi connectivity index (χ0v) is 7.63. The molecule has 0 atom stereocenters. The summed E-state index contributed by atoms with van der Waals surface area (Å²) in [7, 11) is 0. The van der Waals surface area contributed by atoms with Gasteiger partial charge in [0.15, 0.2) is 5.78 Å². The smallest absolute Gasteiger partial charge is 0.165 e. The van der Waals surface area contributed by atoms with E-state index in [4.69, 9.17) is 5.73 Å². The Kier molecular flexibility index (Phi) is 1.29. The van der Waals surface area contributed by atoms with Crippen molar-refractivity contribution < 1.29 is 4.79 Å². The van der Waals surface area contributed by atoms with Crippen LogP contribution in [0.2, 0.25) is 0 Å². The minimum absolute atomic E-state index is 0.233. The van der Waals surface area contributed by atoms with Crippen molar-refractivity contribution >= 4 is 22.4 Å². The summed E-state index contributed by atoms with van der Waals surface area (Å²) in [4.78, 5) is 14.8. The average molecular weight is 186 g/mol. The third-order valence-electron chi connectivity index (χ3n) is 2.78. The van der Waals surface area contributed by atoms with Gasteiger partial charge in [0.25, 0.3) is 0 Å². The Morgan fingerprint density at radius 2 is 2.14 bits per heavy atom. The van der Waals surface area contributed by atoms with E-state index in [0.29, 0.717) is 12.1 Å². The van der Waals surface area contributed by atoms with E-state index in [1.54, 1.807) is 0 Å². The molecule has 1 aromatic carbocycles. The van der Waals surface area contributed by atoms with Crippen LogP contribution in [0, 0.1) is 0 Å². The maximum Gasteiger partial charge on any atom is 0.165 e. The monoisotopic (exact) mass is 186 g/mol. The first-order valence-corrected chi connectivity index (χ1v) is 4.69. The van der Waals surface area contributed by atoms with Gasteiger partial charge in [-0.2, -0.15) is 0 Å². The molecule has 0 spiro atoms. The number of aromatic amines is 1. The van der Waals surface area contributed by atoms with Crippen molar-refractivity contribution in [3.63, 3.8) is 0 Å². The maximum absolute atomic E-state index is 11.6. The van der Waals surface area contributed by atoms with Crippen LogP contribution >= 0.6 is 0 Å². The van der Waals surface area contributed by atoms with Gasteiger partial charge in [-0.3, -0.25) is 4.79 Å². The molecule has 0 saturated carbocycles. The molecule has 0 aliphatic heterocycles. The molecule has 3 nitrogen and oxygen atoms in total. The number of rotatable bonds is 0. The number of carbonyl (C=O) groups is 1. The number of H-pyrrole nitrogens is 1. The Bertz CT molecular complexity index is 539. The summed E-state index contributed by atoms with van der Waals surface area (Å²) < 4.78 is 0. The molecular formula is C11H10N2O. The van der Waals surface area contributed by atoms with E-state index in [1.165, 1.54) is 0 Å². The van der Waals surface area contributed by atoms with Gasteiger partial charge in [-0.1, -0.05) is 0 Å². The number of nitrogens with two attached hydrogens (primary N) is 1. The quantitative estimate of drug-likeness (QED) is 0.617. The molecule has 0 amide bonds. The molecule has 1 aliphatic rings. The first-order valence-electron chi connectivity index (χ1n) is 4.69. The highest BCUT2D eigenvalue weighted by Gasteiger charge is 2.24. The minimum atomic E-state index is 0.233. The lowest BCUT2D eigenvalue weighted by Gasteiger charge is -1.95. The van der Waals surface area contributed by atoms with Crippen LogP contribution in [0.3, 0.4) is 0 Å². The van der Waals surface area contributed by atoms with Gasteiger partial charge in [0.05, 0.1) is 0 Å². The molecule has 3 N–H and O–H groups in total. The second-order valence-electron chi connectivity index (χ2n) is 3.71. The Balaban J connectivity index is 2.43. The predicted octanol–water partition coefficient (Wildman–Crippen LogP) is 1.88. The van der Waals surface area contributed by atoms with E-state index in [-0.39, 0.29) is 5.78 Å². The SMILES string of the molecule is Nc1ccc2[nH]c3c(c2c1)C(=O)CC3. The summed E-state index contributed by atoms with van der Waals surface area (Å²) in [5.41, 5.74) is 9.34. The lowest BCUT2D eigenvalue weighted by Crippen LogP contribution is -1.90. The summed E-state index contributed by atoms with van der Waals surface area (Å²) in [6.07, 6.45) is 1.47. The van der Waals surface area contributed by atoms with Crippen molar-refractivity contribution in [1.82, 2.24) is 4.98 Å². The summed E-state index contributed by atoms with van der Waals surface area (Å²) >= 11 is 0. The van der Waals surface area contributed by atoms with Crippen LogP contribution in [0.1, 0.15) is 22.5 Å². The molecule has 14 heavy (non-hydrogen) atoms. The van der Waals surface area contributed by atoms with Gasteiger partial charge in [-0.25, -0.2) is 0 Å². The third kappa shape index (κ3) is 0.839. The van der Waals surface area contributed by atoms with Crippen LogP contribution in [0.25, 0.3) is 10.9 Å². The van der Waals surface area contributed by atoms with Gasteiger partial charge in [0.2, 0.25) is 0 Å². The Morgan fingerprint density at radius 1 is 1.29 bits per heavy atom. The van der Waals surface area contributed by atoms with Crippen LogP contribution < -0.4 is 5.73 Å². The van der Waals surface area contributed by atoms with Gasteiger partial charge >= 0.3 is 0 Å². The first-order chi connectivity index (χ1) is 6.75. The van der Waals surface area contributed by atoms with Crippen molar-refractivity contribution in [1.29, 1.82) is 0 Å². The summed E-state index contributed by atoms with van der Waals surface area (Å²) in [5.74, 6) is 0.233. The predicted molar refractivity (Wildman–Crippen MR) is 55.4 cm³/mol. The summed E-state index contributed by atoms with van der Waals surface area (Å²) in [6.45, 7) is 0. The van der Waals surface area contributed by atoms with Gasteiger partial charge in [-0.05, 0) is 24.6 Å². The van der Waals surface area contributed by atoms with Crippen molar-refractivity contribution in [2.24, 2.45) is 0 Å². The zero-order chi connectivity index (χ0) is 9.71. The van der Waals surface area contributed by atoms with Crippen LogP contribution in [0.15, 0.2) is 18.2 Å². The number of benzene rings is 1. The molecule has 0 radical (unpaired) electrons. The molecule has 1 heterocycles. The number of nitrogen functional groups attached to an aromatic ring is 1. The molecule has 0 saturated heterocycles. The molecule has 0 unspecified atom stereocenters. The fourth-order valence-corrected chi connectivity index (χ4v) is 2.13. The number of fused-ring (bicyclic) bond motifs is 3. The largest absolute Gasteiger partial charge is 0.399 e. The van der Waals surface area contributed by atoms with Crippen molar-refractivity contribution in [2.75, 3.05) is 5.73 Å². The fourth-order valence-electron chi connectivity index (χ4n) is 2.13. The number of anilines is 1. The van der Waals surface area contributed by atoms with Crippen molar-refractivity contribution in [3.8, 4) is 0 Å². The molecule has 1 aliphatic carbocycles. The highest BCUT2D eigenvalue weighted by molar-refractivity contribution is 6.11. The van der Waals surface area contributed by atoms with Crippen molar-refractivity contribution in [3.05, 3.63) is 29.5 Å². The maximum atomic E-state index is 11.6. The molecule has 1 aromatic heterocycles. The second kappa shape index (κ2) is 2.38. The van der Waals surface area contributed by atoms with Gasteiger partial charge < -0.3 is 10.7 Å². The number of carbonyl (C=O) groups excluding carboxylic acids is 1. The Morgan fingerprint density at radius 3 is 3.00 bits per heavy atom. The number of hydrogen-bond acceptors (Lipinski definition) is 2. The van der Waals surface area contributed by atoms with E-state index in [0.717, 1.165) is 28.6 Å². The van der Waals surface area contributed by atoms with Gasteiger partial charge in [-0.15, -0.1) is 0 Å². The standard InChI is InChI=1S/C11H10N2O/c12-6-1-2-8-7(5-6)11-9(13-8)3-4-10(11)14/h1-2,5,13H,3-4,12H2. The van der Waals surface area contributed by atoms with Crippen molar-refractivity contribution in [2.45, 2.75) is 12.8 Å². The summed E-state index contributed by atoms with van der Waals surface area (Å²) in [5, 5.41) is 0.975. The Hall–Kier alpha value is -1.77. The van der Waals surface area contributed by atoms with E-state index < -0.39 is 0 Å². The number of aryl methyl sites for hydroxylation is 1. The highest BCUT2D eigenvalue weighted by atomic mass is 16.1. The van der Waals surface area contributed by atoms with Crippen LogP contribution in [-0.2, 0) is 6.42 Å². The lowest BCUT2D eigenvalue weighted by atomic mass is 10.1. The molecule has 0 bridgehead atoms. The lowest BCUT2D eigenvalue weighted by molar-refractivity contribution is 0.0996. The number of nitrogens with one attached hydrogen (secondary N) is 1. The van der Waals surface area contributed by atoms with E-state index in [2.05, 4.69) is 4.98 Å². The molecule has 70 valence electrons. The van der Waals surface area contributed by atoms with Crippen LogP contribution in [0.5, 0.6) is 0 Å². The summed E-state index contributed by atoms with van der Waals surface area (Å²) in [6, 6.07) is 5.64. The van der Waals surface area contributed by atoms with E-state index in [9.17, 15) is 4.79 Å². The fraction of sp³-hybridized carbons (Fsp3) is 0.182. The molecular weight excluding hydrogens is 176 g/mol. The minimum Gasteiger partial charge on any atom is -0.399 e. The van der Waals surface area contributed by atoms with Gasteiger partial charge in [0.1, 0.15) is 0 Å². The van der Waals surface area contributed by atoms with Gasteiger partial charge in [0, 0.05) is 34.3 Å². The average Bonchev–Trinajstić information content (AvgIpc) is 2.67. The number of aromatic nitrogens is 1. The molecule has 0 fully saturated rings. The number of Topliss-reactive ketones (excluding diaryl/α,β-unsaturated/α-hetero) is 1. The topological polar surface area (TPSA) is 58.9 Å². The Labute approximate surface area is 80.9 Å². The molecule has 3 heteroatoms. The molecule has 2 aromatic rings. The van der Waals surface area contributed by atoms with Crippen LogP contribution in [-0.4, -0.2) is 10.8 Å². The van der Waals surface area contributed by atoms with Crippen LogP contribution in [0.4, 0.5) is 5.69 Å². The second-order valence-corrected chi connectivity index (χ2v) is 3.71. The number of ketones is 1. The zero-order valence-electron chi connectivity index (χ0n) is 7.63. The van der Waals surface area contributed by atoms with E-state index in [1.807, 2.05) is 18.2 Å². The van der Waals surface area contributed by atoms with E-state index >= 15 is 0 Å². The molecule has 3 rings (SSSR count). The number of hydrogen-bond donors (Lipinski definition) is 2. The third-order valence-corrected chi connectivity index (χ3v) is 2.78. The normalized spacial score (nSPS) is 15.0.